The number of aryl methyl sites for hydroxylation is 1. The molecule has 2 amide bonds. The topological polar surface area (TPSA) is 134 Å². The molecule has 1 aliphatic carbocycles. The third-order valence-electron chi connectivity index (χ3n) is 7.82. The summed E-state index contributed by atoms with van der Waals surface area (Å²) in [6.45, 7) is 7.71. The van der Waals surface area contributed by atoms with Crippen molar-refractivity contribution in [3.8, 4) is 0 Å². The minimum atomic E-state index is -0.832. The van der Waals surface area contributed by atoms with Gasteiger partial charge in [-0.2, -0.15) is 0 Å². The van der Waals surface area contributed by atoms with E-state index in [2.05, 4.69) is 15.0 Å². The first-order valence-electron chi connectivity index (χ1n) is 14.6. The van der Waals surface area contributed by atoms with Crippen molar-refractivity contribution in [1.29, 1.82) is 0 Å². The number of ether oxygens (including phenoxy) is 1. The second-order valence-corrected chi connectivity index (χ2v) is 11.4. The van der Waals surface area contributed by atoms with Gasteiger partial charge in [-0.05, 0) is 56.6 Å². The van der Waals surface area contributed by atoms with Gasteiger partial charge in [0.1, 0.15) is 11.9 Å². The molecule has 1 saturated carbocycles. The van der Waals surface area contributed by atoms with E-state index in [1.54, 1.807) is 13.8 Å². The first-order chi connectivity index (χ1) is 19.2. The van der Waals surface area contributed by atoms with Crippen LogP contribution in [0.15, 0.2) is 30.5 Å². The lowest BCUT2D eigenvalue weighted by Crippen LogP contribution is -2.50. The Morgan fingerprint density at radius 1 is 1.15 bits per heavy atom. The monoisotopic (exact) mass is 549 g/mol. The summed E-state index contributed by atoms with van der Waals surface area (Å²) in [6.07, 6.45) is 8.29. The van der Waals surface area contributed by atoms with E-state index in [-0.39, 0.29) is 36.5 Å². The molecule has 0 aliphatic heterocycles. The van der Waals surface area contributed by atoms with Crippen LogP contribution in [-0.2, 0) is 20.7 Å². The van der Waals surface area contributed by atoms with Crippen LogP contribution in [-0.4, -0.2) is 50.3 Å². The van der Waals surface area contributed by atoms with Crippen molar-refractivity contribution in [1.82, 2.24) is 19.9 Å². The number of imidazole rings is 1. The SMILES string of the molecule is CCOC(=O)c1nc([C@@H](Cc2c[nH]c3ccccc23)N(C(=O)CC2CCCCC2)C(=O)[C@@H](N)CC(C)C)[nH]c1C. The van der Waals surface area contributed by atoms with Gasteiger partial charge in [0.25, 0.3) is 0 Å². The van der Waals surface area contributed by atoms with Crippen molar-refractivity contribution < 1.29 is 19.1 Å². The van der Waals surface area contributed by atoms with Crippen molar-refractivity contribution in [3.63, 3.8) is 0 Å². The van der Waals surface area contributed by atoms with E-state index in [1.807, 2.05) is 44.3 Å². The number of nitrogens with one attached hydrogen (secondary N) is 2. The number of carbonyl (C=O) groups is 3. The quantitative estimate of drug-likeness (QED) is 0.276. The highest BCUT2D eigenvalue weighted by atomic mass is 16.5. The summed E-state index contributed by atoms with van der Waals surface area (Å²) in [5, 5.41) is 1.00. The number of fused-ring (bicyclic) bond motifs is 1. The highest BCUT2D eigenvalue weighted by molar-refractivity contribution is 5.98. The maximum atomic E-state index is 14.1. The van der Waals surface area contributed by atoms with Gasteiger partial charge in [-0.25, -0.2) is 9.78 Å². The minimum Gasteiger partial charge on any atom is -0.461 e. The van der Waals surface area contributed by atoms with E-state index in [0.29, 0.717) is 24.4 Å². The highest BCUT2D eigenvalue weighted by Gasteiger charge is 2.38. The Balaban J connectivity index is 1.79. The number of nitrogens with two attached hydrogens (primary N) is 1. The standard InChI is InChI=1S/C31H43N5O4/c1-5-40-31(39)28-20(4)34-29(35-28)26(17-22-18-33-25-14-10-9-13-23(22)25)36(30(38)24(32)15-19(2)3)27(37)16-21-11-7-6-8-12-21/h9-10,13-14,18-19,21,24,26,33H,5-8,11-12,15-17,32H2,1-4H3,(H,34,35)/t24-,26+/m0/s1. The van der Waals surface area contributed by atoms with Crippen molar-refractivity contribution in [2.24, 2.45) is 17.6 Å². The number of aromatic nitrogens is 3. The maximum absolute atomic E-state index is 14.1. The first kappa shape index (κ1) is 29.5. The van der Waals surface area contributed by atoms with E-state index >= 15 is 0 Å². The number of hydrogen-bond acceptors (Lipinski definition) is 6. The van der Waals surface area contributed by atoms with Gasteiger partial charge in [0.05, 0.1) is 12.6 Å². The molecule has 9 heteroatoms. The summed E-state index contributed by atoms with van der Waals surface area (Å²) in [5.41, 5.74) is 9.01. The molecule has 2 atom stereocenters. The number of rotatable bonds is 11. The molecular formula is C31H43N5O4. The molecule has 216 valence electrons. The van der Waals surface area contributed by atoms with Crippen molar-refractivity contribution in [2.75, 3.05) is 6.61 Å². The Bertz CT molecular complexity index is 1320. The molecule has 9 nitrogen and oxygen atoms in total. The van der Waals surface area contributed by atoms with Gasteiger partial charge >= 0.3 is 5.97 Å². The average Bonchev–Trinajstić information content (AvgIpc) is 3.52. The molecule has 3 aromatic rings. The van der Waals surface area contributed by atoms with Crippen LogP contribution in [0.25, 0.3) is 10.9 Å². The fourth-order valence-electron chi connectivity index (χ4n) is 5.83. The Labute approximate surface area is 236 Å². The van der Waals surface area contributed by atoms with Crippen LogP contribution in [0, 0.1) is 18.8 Å². The molecule has 0 spiro atoms. The van der Waals surface area contributed by atoms with E-state index < -0.39 is 24.0 Å². The molecule has 0 bridgehead atoms. The summed E-state index contributed by atoms with van der Waals surface area (Å²) in [7, 11) is 0. The largest absolute Gasteiger partial charge is 0.461 e. The van der Waals surface area contributed by atoms with Crippen LogP contribution >= 0.6 is 0 Å². The van der Waals surface area contributed by atoms with Gasteiger partial charge in [-0.3, -0.25) is 14.5 Å². The fourth-order valence-corrected chi connectivity index (χ4v) is 5.83. The number of aromatic amines is 2. The number of amides is 2. The van der Waals surface area contributed by atoms with Crippen molar-refractivity contribution in [3.05, 3.63) is 53.2 Å². The zero-order valence-electron chi connectivity index (χ0n) is 24.2. The summed E-state index contributed by atoms with van der Waals surface area (Å²) in [6, 6.07) is 6.30. The molecule has 1 fully saturated rings. The summed E-state index contributed by atoms with van der Waals surface area (Å²) in [4.78, 5) is 53.2. The third kappa shape index (κ3) is 6.81. The second-order valence-electron chi connectivity index (χ2n) is 11.4. The van der Waals surface area contributed by atoms with Crippen LogP contribution in [0.2, 0.25) is 0 Å². The zero-order valence-corrected chi connectivity index (χ0v) is 24.2. The number of para-hydroxylation sites is 1. The molecule has 40 heavy (non-hydrogen) atoms. The average molecular weight is 550 g/mol. The zero-order chi connectivity index (χ0) is 28.8. The molecule has 0 unspecified atom stereocenters. The first-order valence-corrected chi connectivity index (χ1v) is 14.6. The van der Waals surface area contributed by atoms with Gasteiger partial charge in [0.15, 0.2) is 5.69 Å². The van der Waals surface area contributed by atoms with Crippen LogP contribution in [0.4, 0.5) is 0 Å². The van der Waals surface area contributed by atoms with Gasteiger partial charge in [-0.1, -0.05) is 51.3 Å². The summed E-state index contributed by atoms with van der Waals surface area (Å²) >= 11 is 0. The van der Waals surface area contributed by atoms with E-state index in [1.165, 1.54) is 11.3 Å². The lowest BCUT2D eigenvalue weighted by molar-refractivity contribution is -0.150. The molecule has 4 N–H and O–H groups in total. The Hall–Kier alpha value is -3.46. The Kier molecular flexibility index (Phi) is 9.79. The van der Waals surface area contributed by atoms with Gasteiger partial charge in [-0.15, -0.1) is 0 Å². The molecule has 1 aliphatic rings. The van der Waals surface area contributed by atoms with E-state index in [0.717, 1.165) is 42.1 Å². The second kappa shape index (κ2) is 13.3. The van der Waals surface area contributed by atoms with E-state index in [4.69, 9.17) is 10.5 Å². The molecule has 0 saturated heterocycles. The number of esters is 1. The Morgan fingerprint density at radius 3 is 2.58 bits per heavy atom. The predicted molar refractivity (Wildman–Crippen MR) is 155 cm³/mol. The summed E-state index contributed by atoms with van der Waals surface area (Å²) < 4.78 is 5.21. The molecule has 0 radical (unpaired) electrons. The molecule has 2 heterocycles. The van der Waals surface area contributed by atoms with Crippen LogP contribution in [0.3, 0.4) is 0 Å². The lowest BCUT2D eigenvalue weighted by atomic mass is 9.86. The predicted octanol–water partition coefficient (Wildman–Crippen LogP) is 5.36. The smallest absolute Gasteiger partial charge is 0.358 e. The Morgan fingerprint density at radius 2 is 1.88 bits per heavy atom. The van der Waals surface area contributed by atoms with Crippen molar-refractivity contribution in [2.45, 2.75) is 91.1 Å². The molecule has 2 aromatic heterocycles. The van der Waals surface area contributed by atoms with Crippen molar-refractivity contribution >= 4 is 28.7 Å². The molecule has 1 aromatic carbocycles. The van der Waals surface area contributed by atoms with Gasteiger partial charge in [0.2, 0.25) is 11.8 Å². The normalized spacial score (nSPS) is 15.8. The number of carbonyl (C=O) groups excluding carboxylic acids is 3. The lowest BCUT2D eigenvalue weighted by Gasteiger charge is -2.33. The fraction of sp³-hybridized carbons (Fsp3) is 0.548. The minimum absolute atomic E-state index is 0.152. The number of imide groups is 1. The number of benzene rings is 1. The highest BCUT2D eigenvalue weighted by Crippen LogP contribution is 2.33. The van der Waals surface area contributed by atoms with Gasteiger partial charge < -0.3 is 20.4 Å². The van der Waals surface area contributed by atoms with Crippen LogP contribution < -0.4 is 5.73 Å². The summed E-state index contributed by atoms with van der Waals surface area (Å²) in [5.74, 6) is -0.411. The maximum Gasteiger partial charge on any atom is 0.358 e. The van der Waals surface area contributed by atoms with E-state index in [9.17, 15) is 14.4 Å². The third-order valence-corrected chi connectivity index (χ3v) is 7.82. The van der Waals surface area contributed by atoms with Crippen LogP contribution in [0.1, 0.15) is 99.3 Å². The number of nitrogens with zero attached hydrogens (tertiary/aromatic N) is 2. The molecule has 4 rings (SSSR count). The van der Waals surface area contributed by atoms with Crippen LogP contribution in [0.5, 0.6) is 0 Å². The number of H-pyrrole nitrogens is 2. The number of hydrogen-bond donors (Lipinski definition) is 3. The molecular weight excluding hydrogens is 506 g/mol. The van der Waals surface area contributed by atoms with Gasteiger partial charge in [0, 0.05) is 35.6 Å².